The lowest BCUT2D eigenvalue weighted by Crippen LogP contribution is -2.25. The molecule has 1 aromatic carbocycles. The summed E-state index contributed by atoms with van der Waals surface area (Å²) in [7, 11) is 0. The number of carbonyl (C=O) groups is 1. The summed E-state index contributed by atoms with van der Waals surface area (Å²) in [5, 5.41) is 17.9. The van der Waals surface area contributed by atoms with E-state index in [0.717, 1.165) is 18.7 Å². The zero-order chi connectivity index (χ0) is 15.2. The lowest BCUT2D eigenvalue weighted by molar-refractivity contribution is 0.0952. The predicted octanol–water partition coefficient (Wildman–Crippen LogP) is 0.679. The third kappa shape index (κ3) is 3.35. The van der Waals surface area contributed by atoms with Crippen molar-refractivity contribution in [2.75, 3.05) is 6.54 Å². The van der Waals surface area contributed by atoms with E-state index in [9.17, 15) is 4.79 Å². The van der Waals surface area contributed by atoms with E-state index < -0.39 is 0 Å². The van der Waals surface area contributed by atoms with Crippen LogP contribution in [0, 0.1) is 0 Å². The molecule has 0 aliphatic rings. The van der Waals surface area contributed by atoms with Crippen LogP contribution in [0.4, 0.5) is 0 Å². The number of carbonyl (C=O) groups excluding carboxylic acids is 1. The number of rotatable bonds is 6. The van der Waals surface area contributed by atoms with Crippen LogP contribution in [0.2, 0.25) is 0 Å². The molecule has 0 bridgehead atoms. The summed E-state index contributed by atoms with van der Waals surface area (Å²) in [6, 6.07) is 8.98. The number of hydrogen-bond donors (Lipinski definition) is 1. The summed E-state index contributed by atoms with van der Waals surface area (Å²) in [6.07, 6.45) is 5.98. The Balaban J connectivity index is 1.49. The van der Waals surface area contributed by atoms with Gasteiger partial charge in [-0.1, -0.05) is 0 Å². The van der Waals surface area contributed by atoms with Crippen LogP contribution in [0.1, 0.15) is 16.8 Å². The molecule has 0 aliphatic carbocycles. The molecule has 2 aromatic heterocycles. The van der Waals surface area contributed by atoms with Crippen molar-refractivity contribution in [1.82, 2.24) is 35.3 Å². The van der Waals surface area contributed by atoms with E-state index in [-0.39, 0.29) is 5.91 Å². The van der Waals surface area contributed by atoms with E-state index in [1.165, 1.54) is 11.0 Å². The molecule has 0 aliphatic heterocycles. The number of aryl methyl sites for hydroxylation is 1. The molecule has 0 saturated carbocycles. The Labute approximate surface area is 126 Å². The zero-order valence-corrected chi connectivity index (χ0v) is 11.8. The molecular weight excluding hydrogens is 282 g/mol. The fourth-order valence-electron chi connectivity index (χ4n) is 2.02. The highest BCUT2D eigenvalue weighted by molar-refractivity contribution is 5.94. The normalized spacial score (nSPS) is 10.5. The first kappa shape index (κ1) is 13.9. The number of aromatic nitrogens is 6. The second-order valence-electron chi connectivity index (χ2n) is 4.68. The Bertz CT molecular complexity index is 704. The van der Waals surface area contributed by atoms with Gasteiger partial charge in [0.2, 0.25) is 0 Å². The molecule has 0 unspecified atom stereocenters. The highest BCUT2D eigenvalue weighted by Gasteiger charge is 2.05. The number of amides is 1. The third-order valence-corrected chi connectivity index (χ3v) is 3.15. The number of tetrazole rings is 1. The summed E-state index contributed by atoms with van der Waals surface area (Å²) in [4.78, 5) is 12.0. The van der Waals surface area contributed by atoms with Gasteiger partial charge in [-0.05, 0) is 47.2 Å². The molecule has 2 heterocycles. The van der Waals surface area contributed by atoms with E-state index in [4.69, 9.17) is 0 Å². The molecule has 8 nitrogen and oxygen atoms in total. The molecule has 112 valence electrons. The molecule has 3 aromatic rings. The predicted molar refractivity (Wildman–Crippen MR) is 78.3 cm³/mol. The maximum atomic E-state index is 12.0. The van der Waals surface area contributed by atoms with Crippen molar-refractivity contribution in [2.24, 2.45) is 0 Å². The summed E-state index contributed by atoms with van der Waals surface area (Å²) in [6.45, 7) is 1.39. The van der Waals surface area contributed by atoms with Gasteiger partial charge in [-0.25, -0.2) is 4.68 Å². The van der Waals surface area contributed by atoms with Crippen molar-refractivity contribution in [3.05, 3.63) is 54.6 Å². The molecule has 0 saturated heterocycles. The molecular formula is C14H15N7O. The van der Waals surface area contributed by atoms with Crippen LogP contribution < -0.4 is 5.32 Å². The Morgan fingerprint density at radius 2 is 2.09 bits per heavy atom. The molecule has 0 radical (unpaired) electrons. The van der Waals surface area contributed by atoms with Crippen LogP contribution in [-0.2, 0) is 6.54 Å². The van der Waals surface area contributed by atoms with Gasteiger partial charge in [0.15, 0.2) is 0 Å². The number of benzene rings is 1. The minimum Gasteiger partial charge on any atom is -0.352 e. The lowest BCUT2D eigenvalue weighted by atomic mass is 10.2. The van der Waals surface area contributed by atoms with E-state index in [0.29, 0.717) is 12.1 Å². The maximum absolute atomic E-state index is 12.0. The first-order valence-corrected chi connectivity index (χ1v) is 6.92. The van der Waals surface area contributed by atoms with Crippen LogP contribution in [0.15, 0.2) is 49.1 Å². The van der Waals surface area contributed by atoms with Gasteiger partial charge in [-0.2, -0.15) is 5.10 Å². The van der Waals surface area contributed by atoms with Crippen LogP contribution in [0.5, 0.6) is 0 Å². The molecule has 3 rings (SSSR count). The average molecular weight is 297 g/mol. The quantitative estimate of drug-likeness (QED) is 0.676. The summed E-state index contributed by atoms with van der Waals surface area (Å²) in [5.74, 6) is -0.0938. The fourth-order valence-corrected chi connectivity index (χ4v) is 2.02. The summed E-state index contributed by atoms with van der Waals surface area (Å²) >= 11 is 0. The van der Waals surface area contributed by atoms with Gasteiger partial charge in [0, 0.05) is 31.0 Å². The SMILES string of the molecule is O=C(NCCCn1cccn1)c1ccc(-n2cnnn2)cc1. The van der Waals surface area contributed by atoms with Gasteiger partial charge in [-0.3, -0.25) is 9.48 Å². The summed E-state index contributed by atoms with van der Waals surface area (Å²) in [5.41, 5.74) is 1.41. The zero-order valence-electron chi connectivity index (χ0n) is 11.8. The molecule has 1 amide bonds. The van der Waals surface area contributed by atoms with Crippen LogP contribution >= 0.6 is 0 Å². The van der Waals surface area contributed by atoms with E-state index in [2.05, 4.69) is 25.9 Å². The maximum Gasteiger partial charge on any atom is 0.251 e. The van der Waals surface area contributed by atoms with Gasteiger partial charge in [0.05, 0.1) is 5.69 Å². The second kappa shape index (κ2) is 6.61. The molecule has 8 heteroatoms. The Morgan fingerprint density at radius 3 is 2.77 bits per heavy atom. The monoisotopic (exact) mass is 297 g/mol. The Morgan fingerprint density at radius 1 is 1.23 bits per heavy atom. The first-order valence-electron chi connectivity index (χ1n) is 6.92. The standard InChI is InChI=1S/C14H15N7O/c22-14(15-7-1-9-20-10-2-8-17-20)12-3-5-13(6-4-12)21-11-16-18-19-21/h2-6,8,10-11H,1,7,9H2,(H,15,22). The molecule has 22 heavy (non-hydrogen) atoms. The molecule has 0 fully saturated rings. The topological polar surface area (TPSA) is 90.5 Å². The molecule has 1 N–H and O–H groups in total. The molecule has 0 atom stereocenters. The Kier molecular flexibility index (Phi) is 4.19. The van der Waals surface area contributed by atoms with Crippen molar-refractivity contribution >= 4 is 5.91 Å². The van der Waals surface area contributed by atoms with Gasteiger partial charge < -0.3 is 5.32 Å². The van der Waals surface area contributed by atoms with Crippen molar-refractivity contribution in [1.29, 1.82) is 0 Å². The van der Waals surface area contributed by atoms with Gasteiger partial charge in [0.1, 0.15) is 6.33 Å². The largest absolute Gasteiger partial charge is 0.352 e. The fraction of sp³-hybridized carbons (Fsp3) is 0.214. The average Bonchev–Trinajstić information content (AvgIpc) is 3.25. The minimum atomic E-state index is -0.0938. The van der Waals surface area contributed by atoms with E-state index in [1.54, 1.807) is 30.5 Å². The highest BCUT2D eigenvalue weighted by atomic mass is 16.1. The number of nitrogens with one attached hydrogen (secondary N) is 1. The van der Waals surface area contributed by atoms with Crippen molar-refractivity contribution in [3.63, 3.8) is 0 Å². The van der Waals surface area contributed by atoms with Crippen molar-refractivity contribution in [2.45, 2.75) is 13.0 Å². The minimum absolute atomic E-state index is 0.0938. The van der Waals surface area contributed by atoms with Crippen molar-refractivity contribution in [3.8, 4) is 5.69 Å². The van der Waals surface area contributed by atoms with Crippen LogP contribution in [0.25, 0.3) is 5.69 Å². The third-order valence-electron chi connectivity index (χ3n) is 3.15. The van der Waals surface area contributed by atoms with E-state index in [1.807, 2.05) is 16.9 Å². The molecule has 0 spiro atoms. The second-order valence-corrected chi connectivity index (χ2v) is 4.68. The Hall–Kier alpha value is -3.03. The van der Waals surface area contributed by atoms with Gasteiger partial charge in [-0.15, -0.1) is 5.10 Å². The number of hydrogen-bond acceptors (Lipinski definition) is 5. The van der Waals surface area contributed by atoms with Crippen molar-refractivity contribution < 1.29 is 4.79 Å². The van der Waals surface area contributed by atoms with Crippen LogP contribution in [0.3, 0.4) is 0 Å². The van der Waals surface area contributed by atoms with E-state index >= 15 is 0 Å². The first-order chi connectivity index (χ1) is 10.8. The van der Waals surface area contributed by atoms with Crippen LogP contribution in [-0.4, -0.2) is 42.4 Å². The number of nitrogens with zero attached hydrogens (tertiary/aromatic N) is 6. The van der Waals surface area contributed by atoms with Gasteiger partial charge in [0.25, 0.3) is 5.91 Å². The highest BCUT2D eigenvalue weighted by Crippen LogP contribution is 2.07. The summed E-state index contributed by atoms with van der Waals surface area (Å²) < 4.78 is 3.37. The smallest absolute Gasteiger partial charge is 0.251 e. The van der Waals surface area contributed by atoms with Gasteiger partial charge >= 0.3 is 0 Å². The lowest BCUT2D eigenvalue weighted by Gasteiger charge is -2.06.